The van der Waals surface area contributed by atoms with E-state index in [1.54, 1.807) is 31.4 Å². The molecule has 0 aliphatic rings. The Balaban J connectivity index is 1.79. The Labute approximate surface area is 174 Å². The summed E-state index contributed by atoms with van der Waals surface area (Å²) in [6.45, 7) is 0. The van der Waals surface area contributed by atoms with Gasteiger partial charge in [-0.2, -0.15) is 0 Å². The smallest absolute Gasteiger partial charge is 0.269 e. The molecule has 1 heterocycles. The van der Waals surface area contributed by atoms with Gasteiger partial charge in [0.2, 0.25) is 0 Å². The summed E-state index contributed by atoms with van der Waals surface area (Å²) in [5.41, 5.74) is 0.497. The van der Waals surface area contributed by atoms with Gasteiger partial charge in [0.25, 0.3) is 5.91 Å². The van der Waals surface area contributed by atoms with Gasteiger partial charge in [0.15, 0.2) is 5.11 Å². The predicted octanol–water partition coefficient (Wildman–Crippen LogP) is 6.00. The Morgan fingerprint density at radius 3 is 2.65 bits per heavy atom. The number of ether oxygens (including phenoxy) is 1. The van der Waals surface area contributed by atoms with E-state index in [4.69, 9.17) is 51.8 Å². The maximum absolute atomic E-state index is 12.5. The second-order valence-corrected chi connectivity index (χ2v) is 7.74. The Bertz CT molecular complexity index is 1020. The number of nitrogens with one attached hydrogen (secondary N) is 2. The van der Waals surface area contributed by atoms with Crippen molar-refractivity contribution in [2.45, 2.75) is 0 Å². The van der Waals surface area contributed by atoms with E-state index in [2.05, 4.69) is 10.6 Å². The largest absolute Gasteiger partial charge is 0.497 e. The minimum absolute atomic E-state index is 0.0882. The van der Waals surface area contributed by atoms with Gasteiger partial charge < -0.3 is 10.1 Å². The Kier molecular flexibility index (Phi) is 5.89. The third-order valence-corrected chi connectivity index (χ3v) is 6.15. The number of anilines is 1. The van der Waals surface area contributed by atoms with Gasteiger partial charge >= 0.3 is 0 Å². The molecule has 26 heavy (non-hydrogen) atoms. The first-order valence-electron chi connectivity index (χ1n) is 7.23. The van der Waals surface area contributed by atoms with Gasteiger partial charge in [-0.1, -0.05) is 40.9 Å². The molecule has 0 aliphatic heterocycles. The van der Waals surface area contributed by atoms with E-state index in [1.165, 1.54) is 11.3 Å². The molecule has 0 fully saturated rings. The van der Waals surface area contributed by atoms with Crippen LogP contribution in [0, 0.1) is 0 Å². The predicted molar refractivity (Wildman–Crippen MR) is 114 cm³/mol. The second-order valence-electron chi connectivity index (χ2n) is 5.12. The van der Waals surface area contributed by atoms with Crippen LogP contribution in [0.1, 0.15) is 9.67 Å². The van der Waals surface area contributed by atoms with Gasteiger partial charge in [-0.05, 0) is 42.5 Å². The van der Waals surface area contributed by atoms with E-state index in [1.807, 2.05) is 12.1 Å². The van der Waals surface area contributed by atoms with Gasteiger partial charge in [-0.25, -0.2) is 0 Å². The molecule has 2 aromatic carbocycles. The molecular weight excluding hydrogens is 435 g/mol. The fourth-order valence-electron chi connectivity index (χ4n) is 2.23. The van der Waals surface area contributed by atoms with Gasteiger partial charge in [-0.3, -0.25) is 10.1 Å². The molecule has 0 radical (unpaired) electrons. The molecule has 0 aliphatic carbocycles. The van der Waals surface area contributed by atoms with Crippen LogP contribution < -0.4 is 15.4 Å². The molecule has 1 amide bonds. The maximum atomic E-state index is 12.5. The molecule has 2 N–H and O–H groups in total. The summed E-state index contributed by atoms with van der Waals surface area (Å²) in [5.74, 6) is 0.279. The van der Waals surface area contributed by atoms with Crippen LogP contribution in [0.15, 0.2) is 36.4 Å². The summed E-state index contributed by atoms with van der Waals surface area (Å²) in [4.78, 5) is 12.9. The molecule has 0 bridgehead atoms. The van der Waals surface area contributed by atoms with Crippen molar-refractivity contribution in [2.75, 3.05) is 12.4 Å². The first kappa shape index (κ1) is 19.2. The number of halogens is 3. The average Bonchev–Trinajstić information content (AvgIpc) is 2.95. The second kappa shape index (κ2) is 7.98. The number of carbonyl (C=O) groups excluding carboxylic acids is 1. The molecule has 0 unspecified atom stereocenters. The van der Waals surface area contributed by atoms with Crippen LogP contribution in [0.3, 0.4) is 0 Å². The number of hydrogen-bond acceptors (Lipinski definition) is 4. The molecule has 0 saturated heterocycles. The van der Waals surface area contributed by atoms with Gasteiger partial charge in [0.05, 0.1) is 27.9 Å². The molecule has 1 aromatic heterocycles. The van der Waals surface area contributed by atoms with Crippen molar-refractivity contribution >= 4 is 85.2 Å². The number of amides is 1. The number of carbonyl (C=O) groups is 1. The number of thiophene rings is 1. The zero-order valence-electron chi connectivity index (χ0n) is 13.2. The quantitative estimate of drug-likeness (QED) is 0.486. The Morgan fingerprint density at radius 2 is 1.92 bits per heavy atom. The van der Waals surface area contributed by atoms with Crippen molar-refractivity contribution in [3.05, 3.63) is 56.3 Å². The number of rotatable bonds is 3. The number of benzene rings is 2. The van der Waals surface area contributed by atoms with Crippen LogP contribution in [0.5, 0.6) is 5.75 Å². The zero-order chi connectivity index (χ0) is 18.8. The summed E-state index contributed by atoms with van der Waals surface area (Å²) < 4.78 is 6.04. The lowest BCUT2D eigenvalue weighted by atomic mass is 10.2. The van der Waals surface area contributed by atoms with Crippen LogP contribution in [-0.2, 0) is 0 Å². The lowest BCUT2D eigenvalue weighted by Gasteiger charge is -2.11. The molecule has 0 atom stereocenters. The average molecular weight is 446 g/mol. The van der Waals surface area contributed by atoms with E-state index in [0.29, 0.717) is 31.4 Å². The van der Waals surface area contributed by atoms with Crippen molar-refractivity contribution in [3.8, 4) is 5.75 Å². The lowest BCUT2D eigenvalue weighted by Crippen LogP contribution is -2.33. The van der Waals surface area contributed by atoms with E-state index < -0.39 is 5.91 Å². The molecule has 9 heteroatoms. The Hall–Kier alpha value is -1.57. The first-order chi connectivity index (χ1) is 12.4. The summed E-state index contributed by atoms with van der Waals surface area (Å²) in [7, 11) is 1.58. The fourth-order valence-corrected chi connectivity index (χ4v) is 4.22. The minimum atomic E-state index is -0.411. The summed E-state index contributed by atoms with van der Waals surface area (Å²) in [6.07, 6.45) is 0. The molecule has 0 spiro atoms. The van der Waals surface area contributed by atoms with Crippen LogP contribution in [0.2, 0.25) is 15.1 Å². The van der Waals surface area contributed by atoms with E-state index in [9.17, 15) is 4.79 Å². The highest BCUT2D eigenvalue weighted by Gasteiger charge is 2.19. The summed E-state index contributed by atoms with van der Waals surface area (Å²) >= 11 is 24.8. The van der Waals surface area contributed by atoms with Gasteiger partial charge in [0, 0.05) is 10.1 Å². The molecule has 0 saturated carbocycles. The number of fused-ring (bicyclic) bond motifs is 1. The van der Waals surface area contributed by atoms with Crippen LogP contribution in [0.4, 0.5) is 5.69 Å². The molecule has 134 valence electrons. The van der Waals surface area contributed by atoms with Crippen molar-refractivity contribution in [3.63, 3.8) is 0 Å². The minimum Gasteiger partial charge on any atom is -0.497 e. The molecular formula is C17H11Cl3N2O2S2. The van der Waals surface area contributed by atoms with Gasteiger partial charge in [0.1, 0.15) is 10.6 Å². The highest BCUT2D eigenvalue weighted by atomic mass is 35.5. The maximum Gasteiger partial charge on any atom is 0.269 e. The normalized spacial score (nSPS) is 10.6. The van der Waals surface area contributed by atoms with Gasteiger partial charge in [-0.15, -0.1) is 11.3 Å². The van der Waals surface area contributed by atoms with Crippen molar-refractivity contribution in [1.82, 2.24) is 5.32 Å². The third kappa shape index (κ3) is 3.89. The Morgan fingerprint density at radius 1 is 1.15 bits per heavy atom. The van der Waals surface area contributed by atoms with E-state index >= 15 is 0 Å². The fraction of sp³-hybridized carbons (Fsp3) is 0.0588. The number of methoxy groups -OCH3 is 1. The van der Waals surface area contributed by atoms with Crippen LogP contribution >= 0.6 is 58.4 Å². The highest BCUT2D eigenvalue weighted by molar-refractivity contribution is 7.80. The van der Waals surface area contributed by atoms with Crippen molar-refractivity contribution in [1.29, 1.82) is 0 Å². The van der Waals surface area contributed by atoms with Crippen LogP contribution in [-0.4, -0.2) is 18.1 Å². The third-order valence-electron chi connectivity index (χ3n) is 3.47. The number of hydrogen-bond donors (Lipinski definition) is 2. The SMILES string of the molecule is COc1ccc2c(Cl)c(C(=O)NC(=S)Nc3cccc(Cl)c3Cl)sc2c1. The summed E-state index contributed by atoms with van der Waals surface area (Å²) in [6, 6.07) is 10.5. The van der Waals surface area contributed by atoms with E-state index in [-0.39, 0.29) is 5.11 Å². The highest BCUT2D eigenvalue weighted by Crippen LogP contribution is 2.37. The summed E-state index contributed by atoms with van der Waals surface area (Å²) in [5, 5.41) is 7.38. The molecule has 3 aromatic rings. The molecule has 3 rings (SSSR count). The van der Waals surface area contributed by atoms with Crippen LogP contribution in [0.25, 0.3) is 10.1 Å². The first-order valence-corrected chi connectivity index (χ1v) is 9.59. The monoisotopic (exact) mass is 444 g/mol. The zero-order valence-corrected chi connectivity index (χ0v) is 17.1. The number of thiocarbonyl (C=S) groups is 1. The topological polar surface area (TPSA) is 50.4 Å². The molecule has 4 nitrogen and oxygen atoms in total. The standard InChI is InChI=1S/C17H11Cl3N2O2S2/c1-24-8-5-6-9-12(7-8)26-15(13(9)19)16(23)22-17(25)21-11-4-2-3-10(18)14(11)20/h2-7H,1H3,(H2,21,22,23,25). The van der Waals surface area contributed by atoms with Crippen molar-refractivity contribution < 1.29 is 9.53 Å². The van der Waals surface area contributed by atoms with Crippen molar-refractivity contribution in [2.24, 2.45) is 0 Å². The lowest BCUT2D eigenvalue weighted by molar-refractivity contribution is 0.0982. The van der Waals surface area contributed by atoms with E-state index in [0.717, 1.165) is 10.1 Å².